The Morgan fingerprint density at radius 3 is 2.94 bits per heavy atom. The van der Waals surface area contributed by atoms with Gasteiger partial charge in [0.25, 0.3) is 0 Å². The van der Waals surface area contributed by atoms with Gasteiger partial charge in [-0.1, -0.05) is 43.9 Å². The maximum atomic E-state index is 12.0. The van der Waals surface area contributed by atoms with Gasteiger partial charge >= 0.3 is 0 Å². The number of benzene rings is 1. The van der Waals surface area contributed by atoms with E-state index in [1.54, 1.807) is 6.20 Å². The summed E-state index contributed by atoms with van der Waals surface area (Å²) in [5, 5.41) is 0.949. The van der Waals surface area contributed by atoms with Crippen LogP contribution in [0.25, 0.3) is 10.9 Å². The summed E-state index contributed by atoms with van der Waals surface area (Å²) in [6.07, 6.45) is 5.98. The fourth-order valence-corrected chi connectivity index (χ4v) is 1.93. The van der Waals surface area contributed by atoms with Gasteiger partial charge in [0.2, 0.25) is 5.78 Å². The molecular formula is C16H17NO. The van der Waals surface area contributed by atoms with Crippen LogP contribution >= 0.6 is 0 Å². The van der Waals surface area contributed by atoms with E-state index in [1.807, 2.05) is 24.3 Å². The standard InChI is InChI=1S/C16H17NO/c1-2-3-4-5-6-11-16(18)14-12-17-15-10-8-7-9-13(14)15/h7-10,12,17H,2-5H2,1H3. The number of aromatic nitrogens is 1. The lowest BCUT2D eigenvalue weighted by atomic mass is 10.1. The van der Waals surface area contributed by atoms with E-state index in [2.05, 4.69) is 23.7 Å². The van der Waals surface area contributed by atoms with E-state index in [-0.39, 0.29) is 5.78 Å². The molecule has 2 rings (SSSR count). The van der Waals surface area contributed by atoms with Gasteiger partial charge in [0.15, 0.2) is 0 Å². The molecule has 1 aromatic carbocycles. The van der Waals surface area contributed by atoms with Crippen LogP contribution in [0.3, 0.4) is 0 Å². The van der Waals surface area contributed by atoms with Crippen molar-refractivity contribution in [3.8, 4) is 11.8 Å². The quantitative estimate of drug-likeness (QED) is 0.373. The number of ketones is 1. The molecule has 2 heteroatoms. The first-order valence-corrected chi connectivity index (χ1v) is 6.42. The van der Waals surface area contributed by atoms with E-state index in [0.717, 1.165) is 23.7 Å². The lowest BCUT2D eigenvalue weighted by Crippen LogP contribution is -1.92. The normalized spacial score (nSPS) is 10.1. The highest BCUT2D eigenvalue weighted by Gasteiger charge is 2.08. The molecular weight excluding hydrogens is 222 g/mol. The van der Waals surface area contributed by atoms with Gasteiger partial charge in [-0.25, -0.2) is 0 Å². The molecule has 0 fully saturated rings. The summed E-state index contributed by atoms with van der Waals surface area (Å²) in [6.45, 7) is 2.16. The Hall–Kier alpha value is -2.01. The molecule has 2 aromatic rings. The van der Waals surface area contributed by atoms with Crippen molar-refractivity contribution in [3.63, 3.8) is 0 Å². The molecule has 2 nitrogen and oxygen atoms in total. The van der Waals surface area contributed by atoms with Crippen LogP contribution < -0.4 is 0 Å². The van der Waals surface area contributed by atoms with Gasteiger partial charge < -0.3 is 4.98 Å². The lowest BCUT2D eigenvalue weighted by Gasteiger charge is -1.91. The van der Waals surface area contributed by atoms with Crippen LogP contribution in [0.15, 0.2) is 30.5 Å². The molecule has 0 unspecified atom stereocenters. The summed E-state index contributed by atoms with van der Waals surface area (Å²) in [4.78, 5) is 15.1. The predicted octanol–water partition coefficient (Wildman–Crippen LogP) is 3.93. The number of nitrogens with one attached hydrogen (secondary N) is 1. The van der Waals surface area contributed by atoms with Crippen LogP contribution in [-0.2, 0) is 0 Å². The zero-order valence-electron chi connectivity index (χ0n) is 10.6. The van der Waals surface area contributed by atoms with Gasteiger partial charge in [0.05, 0.1) is 5.56 Å². The van der Waals surface area contributed by atoms with Gasteiger partial charge in [-0.2, -0.15) is 0 Å². The summed E-state index contributed by atoms with van der Waals surface area (Å²) in [5.41, 5.74) is 1.65. The van der Waals surface area contributed by atoms with Gasteiger partial charge in [0.1, 0.15) is 0 Å². The largest absolute Gasteiger partial charge is 0.360 e. The van der Waals surface area contributed by atoms with Crippen LogP contribution in [0, 0.1) is 11.8 Å². The molecule has 0 amide bonds. The van der Waals surface area contributed by atoms with Gasteiger partial charge in [0, 0.05) is 23.5 Å². The molecule has 0 aliphatic rings. The summed E-state index contributed by atoms with van der Waals surface area (Å²) in [6, 6.07) is 7.78. The van der Waals surface area contributed by atoms with E-state index in [4.69, 9.17) is 0 Å². The number of hydrogen-bond donors (Lipinski definition) is 1. The molecule has 0 spiro atoms. The molecule has 1 N–H and O–H groups in total. The van der Waals surface area contributed by atoms with Crippen LogP contribution in [0.2, 0.25) is 0 Å². The van der Waals surface area contributed by atoms with Gasteiger partial charge in [-0.15, -0.1) is 0 Å². The van der Waals surface area contributed by atoms with E-state index in [0.29, 0.717) is 5.56 Å². The van der Waals surface area contributed by atoms with E-state index < -0.39 is 0 Å². The van der Waals surface area contributed by atoms with Crippen molar-refractivity contribution >= 4 is 16.7 Å². The molecule has 0 aliphatic carbocycles. The second-order valence-electron chi connectivity index (χ2n) is 4.34. The van der Waals surface area contributed by atoms with Crippen LogP contribution in [0.5, 0.6) is 0 Å². The average molecular weight is 239 g/mol. The number of Topliss-reactive ketones (excluding diaryl/α,β-unsaturated/α-hetero) is 1. The number of carbonyl (C=O) groups is 1. The molecule has 0 atom stereocenters. The minimum Gasteiger partial charge on any atom is -0.360 e. The Kier molecular flexibility index (Phi) is 4.20. The number of H-pyrrole nitrogens is 1. The van der Waals surface area contributed by atoms with Crippen molar-refractivity contribution in [1.82, 2.24) is 4.98 Å². The topological polar surface area (TPSA) is 32.9 Å². The molecule has 0 bridgehead atoms. The molecule has 0 saturated carbocycles. The Bertz CT molecular complexity index is 598. The van der Waals surface area contributed by atoms with Gasteiger partial charge in [-0.05, 0) is 18.4 Å². The highest BCUT2D eigenvalue weighted by atomic mass is 16.1. The molecule has 18 heavy (non-hydrogen) atoms. The highest BCUT2D eigenvalue weighted by molar-refractivity contribution is 6.16. The zero-order chi connectivity index (χ0) is 12.8. The number of para-hydroxylation sites is 1. The zero-order valence-corrected chi connectivity index (χ0v) is 10.6. The Labute approximate surface area is 107 Å². The second kappa shape index (κ2) is 6.07. The lowest BCUT2D eigenvalue weighted by molar-refractivity contribution is 0.105. The van der Waals surface area contributed by atoms with E-state index in [1.165, 1.54) is 12.8 Å². The minimum absolute atomic E-state index is 0.0936. The first-order chi connectivity index (χ1) is 8.83. The van der Waals surface area contributed by atoms with Crippen LogP contribution in [0.4, 0.5) is 0 Å². The van der Waals surface area contributed by atoms with Crippen LogP contribution in [0.1, 0.15) is 43.0 Å². The third-order valence-electron chi connectivity index (χ3n) is 2.94. The van der Waals surface area contributed by atoms with E-state index in [9.17, 15) is 4.79 Å². The number of rotatable bonds is 4. The SMILES string of the molecule is CCCCCC#CC(=O)c1c[nH]c2ccccc12. The van der Waals surface area contributed by atoms with Crippen LogP contribution in [-0.4, -0.2) is 10.8 Å². The smallest absolute Gasteiger partial charge is 0.238 e. The molecule has 1 aromatic heterocycles. The first-order valence-electron chi connectivity index (χ1n) is 6.42. The monoisotopic (exact) mass is 239 g/mol. The molecule has 0 saturated heterocycles. The van der Waals surface area contributed by atoms with Crippen molar-refractivity contribution in [3.05, 3.63) is 36.0 Å². The number of hydrogen-bond acceptors (Lipinski definition) is 1. The first kappa shape index (κ1) is 12.4. The predicted molar refractivity (Wildman–Crippen MR) is 74.5 cm³/mol. The maximum absolute atomic E-state index is 12.0. The Morgan fingerprint density at radius 1 is 1.28 bits per heavy atom. The fraction of sp³-hybridized carbons (Fsp3) is 0.312. The Morgan fingerprint density at radius 2 is 2.11 bits per heavy atom. The minimum atomic E-state index is -0.0936. The summed E-state index contributed by atoms with van der Waals surface area (Å²) >= 11 is 0. The van der Waals surface area contributed by atoms with Crippen molar-refractivity contribution in [2.75, 3.05) is 0 Å². The van der Waals surface area contributed by atoms with E-state index >= 15 is 0 Å². The summed E-state index contributed by atoms with van der Waals surface area (Å²) in [5.74, 6) is 5.59. The van der Waals surface area contributed by atoms with Crippen molar-refractivity contribution in [2.24, 2.45) is 0 Å². The van der Waals surface area contributed by atoms with Crippen molar-refractivity contribution in [2.45, 2.75) is 32.6 Å². The van der Waals surface area contributed by atoms with Gasteiger partial charge in [-0.3, -0.25) is 4.79 Å². The molecule has 92 valence electrons. The fourth-order valence-electron chi connectivity index (χ4n) is 1.93. The third-order valence-corrected chi connectivity index (χ3v) is 2.94. The second-order valence-corrected chi connectivity index (χ2v) is 4.34. The number of unbranched alkanes of at least 4 members (excludes halogenated alkanes) is 3. The van der Waals surface area contributed by atoms with Crippen molar-refractivity contribution < 1.29 is 4.79 Å². The number of carbonyl (C=O) groups excluding carboxylic acids is 1. The van der Waals surface area contributed by atoms with Crippen molar-refractivity contribution in [1.29, 1.82) is 0 Å². The highest BCUT2D eigenvalue weighted by Crippen LogP contribution is 2.17. The molecule has 1 heterocycles. The molecule has 0 radical (unpaired) electrons. The number of aromatic amines is 1. The maximum Gasteiger partial charge on any atom is 0.238 e. The number of fused-ring (bicyclic) bond motifs is 1. The molecule has 0 aliphatic heterocycles. The Balaban J connectivity index is 2.09. The summed E-state index contributed by atoms with van der Waals surface area (Å²) < 4.78 is 0. The average Bonchev–Trinajstić information content (AvgIpc) is 2.82. The third kappa shape index (κ3) is 2.81. The summed E-state index contributed by atoms with van der Waals surface area (Å²) in [7, 11) is 0.